The normalized spacial score (nSPS) is 47.8. The van der Waals surface area contributed by atoms with Crippen LogP contribution in [-0.2, 0) is 14.3 Å². The fraction of sp³-hybridized carbons (Fsp3) is 0.688. The predicted octanol–water partition coefficient (Wildman–Crippen LogP) is 1.84. The number of carbonyl (C=O) groups excluding carboxylic acids is 1. The van der Waals surface area contributed by atoms with Crippen molar-refractivity contribution < 1.29 is 19.4 Å². The Morgan fingerprint density at radius 2 is 2.25 bits per heavy atom. The zero-order valence-corrected chi connectivity index (χ0v) is 12.3. The quantitative estimate of drug-likeness (QED) is 0.744. The van der Waals surface area contributed by atoms with Crippen molar-refractivity contribution in [3.63, 3.8) is 0 Å². The van der Waals surface area contributed by atoms with Crippen LogP contribution in [0.5, 0.6) is 0 Å². The van der Waals surface area contributed by atoms with Gasteiger partial charge in [-0.25, -0.2) is 0 Å². The van der Waals surface area contributed by atoms with Crippen LogP contribution in [0.25, 0.3) is 0 Å². The van der Waals surface area contributed by atoms with E-state index in [9.17, 15) is 9.90 Å². The lowest BCUT2D eigenvalue weighted by Crippen LogP contribution is -2.66. The zero-order chi connectivity index (χ0) is 14.7. The first-order chi connectivity index (χ1) is 9.41. The van der Waals surface area contributed by atoms with Gasteiger partial charge in [-0.15, -0.1) is 0 Å². The van der Waals surface area contributed by atoms with E-state index in [1.54, 1.807) is 0 Å². The van der Waals surface area contributed by atoms with E-state index in [4.69, 9.17) is 9.47 Å². The Kier molecular flexibility index (Phi) is 3.16. The molecule has 1 aliphatic heterocycles. The van der Waals surface area contributed by atoms with Crippen molar-refractivity contribution in [3.8, 4) is 0 Å². The van der Waals surface area contributed by atoms with E-state index in [2.05, 4.69) is 19.6 Å². The number of ketones is 1. The van der Waals surface area contributed by atoms with Gasteiger partial charge in [-0.05, 0) is 30.8 Å². The molecule has 1 N–H and O–H groups in total. The van der Waals surface area contributed by atoms with Crippen LogP contribution in [0.2, 0.25) is 0 Å². The van der Waals surface area contributed by atoms with Gasteiger partial charge in [0.15, 0.2) is 17.7 Å². The third-order valence-electron chi connectivity index (χ3n) is 5.35. The molecular weight excluding hydrogens is 256 g/mol. The molecule has 2 fully saturated rings. The lowest BCUT2D eigenvalue weighted by Gasteiger charge is -2.56. The van der Waals surface area contributed by atoms with Crippen LogP contribution in [0.1, 0.15) is 26.7 Å². The topological polar surface area (TPSA) is 55.8 Å². The first kappa shape index (κ1) is 14.0. The first-order valence-electron chi connectivity index (χ1n) is 7.21. The summed E-state index contributed by atoms with van der Waals surface area (Å²) in [7, 11) is 1.51. The second-order valence-corrected chi connectivity index (χ2v) is 6.39. The second kappa shape index (κ2) is 4.52. The highest BCUT2D eigenvalue weighted by atomic mass is 16.7. The van der Waals surface area contributed by atoms with Gasteiger partial charge in [-0.1, -0.05) is 19.6 Å². The van der Waals surface area contributed by atoms with Crippen LogP contribution in [-0.4, -0.2) is 36.0 Å². The summed E-state index contributed by atoms with van der Waals surface area (Å²) >= 11 is 0. The molecule has 1 saturated heterocycles. The summed E-state index contributed by atoms with van der Waals surface area (Å²) in [5.74, 6) is 0.139. The summed E-state index contributed by atoms with van der Waals surface area (Å²) in [6, 6.07) is 0. The van der Waals surface area contributed by atoms with Crippen molar-refractivity contribution in [1.82, 2.24) is 0 Å². The van der Waals surface area contributed by atoms with E-state index in [0.717, 1.165) is 12.0 Å². The molecule has 1 heterocycles. The molecule has 0 aromatic carbocycles. The summed E-state index contributed by atoms with van der Waals surface area (Å²) in [6.45, 7) is 7.98. The molecule has 6 atom stereocenters. The lowest BCUT2D eigenvalue weighted by atomic mass is 9.55. The smallest absolute Gasteiger partial charge is 0.183 e. The predicted molar refractivity (Wildman–Crippen MR) is 73.9 cm³/mol. The van der Waals surface area contributed by atoms with Crippen molar-refractivity contribution in [3.05, 3.63) is 23.8 Å². The minimum absolute atomic E-state index is 0.138. The summed E-state index contributed by atoms with van der Waals surface area (Å²) in [4.78, 5) is 12.5. The molecule has 3 rings (SSSR count). The highest BCUT2D eigenvalue weighted by Gasteiger charge is 2.62. The van der Waals surface area contributed by atoms with E-state index in [0.29, 0.717) is 12.0 Å². The average Bonchev–Trinajstić information content (AvgIpc) is 2.41. The number of aliphatic hydroxyl groups is 1. The highest BCUT2D eigenvalue weighted by Crippen LogP contribution is 2.53. The van der Waals surface area contributed by atoms with Gasteiger partial charge in [0.25, 0.3) is 0 Å². The van der Waals surface area contributed by atoms with Crippen LogP contribution in [0.15, 0.2) is 23.8 Å². The molecular formula is C16H22O4. The van der Waals surface area contributed by atoms with Crippen molar-refractivity contribution in [1.29, 1.82) is 0 Å². The van der Waals surface area contributed by atoms with Gasteiger partial charge in [-0.2, -0.15) is 0 Å². The molecule has 0 unspecified atom stereocenters. The lowest BCUT2D eigenvalue weighted by molar-refractivity contribution is -0.227. The molecule has 0 radical (unpaired) electrons. The van der Waals surface area contributed by atoms with Crippen LogP contribution in [0.4, 0.5) is 0 Å². The van der Waals surface area contributed by atoms with E-state index in [1.165, 1.54) is 7.11 Å². The Morgan fingerprint density at radius 1 is 1.55 bits per heavy atom. The summed E-state index contributed by atoms with van der Waals surface area (Å²) in [6.07, 6.45) is 2.46. The van der Waals surface area contributed by atoms with Gasteiger partial charge in [0.05, 0.1) is 6.10 Å². The SMILES string of the molecule is C=C1[C@H](OC)O[C@@H]2C(C)=CC[C@@H]3[C@H]2[C@@]1(O)C(=O)C[C@H]3C. The Labute approximate surface area is 119 Å². The number of methoxy groups -OCH3 is 1. The Morgan fingerprint density at radius 3 is 2.90 bits per heavy atom. The summed E-state index contributed by atoms with van der Waals surface area (Å²) in [5, 5.41) is 11.1. The fourth-order valence-electron chi connectivity index (χ4n) is 4.17. The van der Waals surface area contributed by atoms with Crippen molar-refractivity contribution in [2.24, 2.45) is 17.8 Å². The van der Waals surface area contributed by atoms with Crippen molar-refractivity contribution in [2.75, 3.05) is 7.11 Å². The Hall–Kier alpha value is -0.970. The summed E-state index contributed by atoms with van der Waals surface area (Å²) < 4.78 is 11.2. The van der Waals surface area contributed by atoms with E-state index in [1.807, 2.05) is 6.92 Å². The van der Waals surface area contributed by atoms with Crippen LogP contribution in [0.3, 0.4) is 0 Å². The molecule has 0 amide bonds. The molecule has 4 nitrogen and oxygen atoms in total. The van der Waals surface area contributed by atoms with Gasteiger partial charge in [0.1, 0.15) is 0 Å². The second-order valence-electron chi connectivity index (χ2n) is 6.39. The molecule has 0 spiro atoms. The number of rotatable bonds is 1. The Balaban J connectivity index is 2.12. The highest BCUT2D eigenvalue weighted by molar-refractivity contribution is 5.92. The third kappa shape index (κ3) is 1.62. The fourth-order valence-corrected chi connectivity index (χ4v) is 4.17. The summed E-state index contributed by atoms with van der Waals surface area (Å²) in [5.41, 5.74) is -0.0741. The van der Waals surface area contributed by atoms with Crippen LogP contribution >= 0.6 is 0 Å². The molecule has 4 heteroatoms. The standard InChI is InChI=1S/C16H22O4/c1-8-5-6-11-9(2)7-12(17)16(18)10(3)15(19-4)20-14(8)13(11)16/h5,9,11,13-15,18H,3,6-7H2,1-2,4H3/t9-,11+,13-,14-,15-,16+/m1/s1. The molecule has 3 aliphatic rings. The molecule has 0 bridgehead atoms. The van der Waals surface area contributed by atoms with Crippen LogP contribution < -0.4 is 0 Å². The van der Waals surface area contributed by atoms with Crippen LogP contribution in [0, 0.1) is 17.8 Å². The third-order valence-corrected chi connectivity index (χ3v) is 5.35. The number of ether oxygens (including phenoxy) is 2. The minimum Gasteiger partial charge on any atom is -0.377 e. The van der Waals surface area contributed by atoms with Gasteiger partial charge < -0.3 is 14.6 Å². The van der Waals surface area contributed by atoms with E-state index in [-0.39, 0.29) is 29.6 Å². The molecule has 2 aliphatic carbocycles. The maximum absolute atomic E-state index is 12.5. The molecule has 20 heavy (non-hydrogen) atoms. The number of carbonyl (C=O) groups is 1. The van der Waals surface area contributed by atoms with Gasteiger partial charge in [0.2, 0.25) is 0 Å². The van der Waals surface area contributed by atoms with E-state index < -0.39 is 11.9 Å². The Bertz CT molecular complexity index is 495. The van der Waals surface area contributed by atoms with Gasteiger partial charge in [-0.3, -0.25) is 4.79 Å². The van der Waals surface area contributed by atoms with Gasteiger partial charge >= 0.3 is 0 Å². The zero-order valence-electron chi connectivity index (χ0n) is 12.3. The molecule has 1 saturated carbocycles. The largest absolute Gasteiger partial charge is 0.377 e. The number of allylic oxidation sites excluding steroid dienone is 1. The maximum Gasteiger partial charge on any atom is 0.183 e. The minimum atomic E-state index is -1.50. The number of hydrogen-bond acceptors (Lipinski definition) is 4. The number of Topliss-reactive ketones (excluding diaryl/α,β-unsaturated/α-hetero) is 1. The molecule has 110 valence electrons. The van der Waals surface area contributed by atoms with E-state index >= 15 is 0 Å². The maximum atomic E-state index is 12.5. The number of hydrogen-bond donors (Lipinski definition) is 1. The molecule has 0 aromatic rings. The van der Waals surface area contributed by atoms with Crippen molar-refractivity contribution >= 4 is 5.78 Å². The average molecular weight is 278 g/mol. The molecule has 0 aromatic heterocycles. The van der Waals surface area contributed by atoms with Gasteiger partial charge in [0, 0.05) is 25.0 Å². The monoisotopic (exact) mass is 278 g/mol. The first-order valence-corrected chi connectivity index (χ1v) is 7.21. The van der Waals surface area contributed by atoms with Crippen molar-refractivity contribution in [2.45, 2.75) is 44.7 Å².